The molecule has 74 valence electrons. The molecule has 1 N–H and O–H groups in total. The molecule has 2 rings (SSSR count). The molecule has 4 nitrogen and oxygen atoms in total. The monoisotopic (exact) mass is 255 g/mol. The van der Waals surface area contributed by atoms with Crippen LogP contribution < -0.4 is 10.2 Å². The number of amides is 1. The first-order valence-corrected chi connectivity index (χ1v) is 5.19. The maximum Gasteiger partial charge on any atom is 0.239 e. The van der Waals surface area contributed by atoms with Crippen LogP contribution in [-0.2, 0) is 4.79 Å². The number of hydrogen-bond donors (Lipinski definition) is 1. The summed E-state index contributed by atoms with van der Waals surface area (Å²) in [7, 11) is 0. The fourth-order valence-corrected chi connectivity index (χ4v) is 1.74. The summed E-state index contributed by atoms with van der Waals surface area (Å²) in [5.74, 6) is 0.896. The first-order chi connectivity index (χ1) is 6.75. The second kappa shape index (κ2) is 3.96. The minimum Gasteiger partial charge on any atom is -0.353 e. The van der Waals surface area contributed by atoms with E-state index in [1.54, 1.807) is 0 Å². The number of hydrogen-bond acceptors (Lipinski definition) is 3. The van der Waals surface area contributed by atoms with Gasteiger partial charge in [-0.3, -0.25) is 4.79 Å². The summed E-state index contributed by atoms with van der Waals surface area (Å²) in [5, 5.41) is 2.78. The van der Waals surface area contributed by atoms with Crippen LogP contribution in [0.15, 0.2) is 22.8 Å². The lowest BCUT2D eigenvalue weighted by Gasteiger charge is -2.27. The molecule has 0 saturated carbocycles. The largest absolute Gasteiger partial charge is 0.353 e. The predicted molar refractivity (Wildman–Crippen MR) is 57.2 cm³/mol. The van der Waals surface area contributed by atoms with Crippen LogP contribution in [0, 0.1) is 0 Å². The summed E-state index contributed by atoms with van der Waals surface area (Å²) in [6.45, 7) is 1.89. The maximum absolute atomic E-state index is 11.1. The van der Waals surface area contributed by atoms with Gasteiger partial charge in [0.25, 0.3) is 0 Å². The first-order valence-electron chi connectivity index (χ1n) is 4.40. The topological polar surface area (TPSA) is 45.2 Å². The van der Waals surface area contributed by atoms with Gasteiger partial charge in [-0.05, 0) is 28.1 Å². The van der Waals surface area contributed by atoms with E-state index in [1.807, 2.05) is 23.1 Å². The van der Waals surface area contributed by atoms with E-state index in [9.17, 15) is 4.79 Å². The number of carbonyl (C=O) groups is 1. The Morgan fingerprint density at radius 1 is 1.50 bits per heavy atom. The van der Waals surface area contributed by atoms with Gasteiger partial charge in [0.2, 0.25) is 5.91 Å². The smallest absolute Gasteiger partial charge is 0.239 e. The molecule has 0 aliphatic carbocycles. The zero-order valence-corrected chi connectivity index (χ0v) is 9.12. The second-order valence-corrected chi connectivity index (χ2v) is 3.90. The summed E-state index contributed by atoms with van der Waals surface area (Å²) >= 11 is 3.31. The number of nitrogens with zero attached hydrogens (tertiary/aromatic N) is 2. The van der Waals surface area contributed by atoms with Gasteiger partial charge in [-0.2, -0.15) is 0 Å². The molecule has 14 heavy (non-hydrogen) atoms. The fourth-order valence-electron chi connectivity index (χ4n) is 1.41. The Bertz CT molecular complexity index is 356. The molecular formula is C9H10BrN3O. The molecule has 1 aromatic heterocycles. The lowest BCUT2D eigenvalue weighted by atomic mass is 10.3. The third-order valence-electron chi connectivity index (χ3n) is 2.06. The predicted octanol–water partition coefficient (Wildman–Crippen LogP) is 0.780. The van der Waals surface area contributed by atoms with Gasteiger partial charge >= 0.3 is 0 Å². The van der Waals surface area contributed by atoms with E-state index in [-0.39, 0.29) is 5.91 Å². The SMILES string of the molecule is O=C1CN(c2cccc(Br)n2)CCN1. The molecule has 2 heterocycles. The molecule has 0 bridgehead atoms. The number of pyridine rings is 1. The molecule has 1 saturated heterocycles. The van der Waals surface area contributed by atoms with Crippen molar-refractivity contribution < 1.29 is 4.79 Å². The Labute approximate surface area is 90.4 Å². The Morgan fingerprint density at radius 2 is 2.36 bits per heavy atom. The molecule has 0 spiro atoms. The normalized spacial score (nSPS) is 16.6. The molecule has 1 aliphatic rings. The van der Waals surface area contributed by atoms with Crippen molar-refractivity contribution in [2.75, 3.05) is 24.5 Å². The zero-order chi connectivity index (χ0) is 9.97. The van der Waals surface area contributed by atoms with Crippen LogP contribution in [0.25, 0.3) is 0 Å². The summed E-state index contributed by atoms with van der Waals surface area (Å²) in [6, 6.07) is 5.69. The van der Waals surface area contributed by atoms with Gasteiger partial charge in [0.15, 0.2) is 0 Å². The Balaban J connectivity index is 2.17. The summed E-state index contributed by atoms with van der Waals surface area (Å²) in [6.07, 6.45) is 0. The zero-order valence-electron chi connectivity index (χ0n) is 7.53. The van der Waals surface area contributed by atoms with Crippen LogP contribution in [0.3, 0.4) is 0 Å². The van der Waals surface area contributed by atoms with Gasteiger partial charge in [-0.1, -0.05) is 6.07 Å². The number of carbonyl (C=O) groups excluding carboxylic acids is 1. The molecule has 1 aromatic rings. The van der Waals surface area contributed by atoms with Gasteiger partial charge < -0.3 is 10.2 Å². The van der Waals surface area contributed by atoms with Crippen LogP contribution in [0.4, 0.5) is 5.82 Å². The highest BCUT2D eigenvalue weighted by molar-refractivity contribution is 9.10. The Morgan fingerprint density at radius 3 is 3.07 bits per heavy atom. The van der Waals surface area contributed by atoms with E-state index >= 15 is 0 Å². The average Bonchev–Trinajstić information content (AvgIpc) is 2.18. The number of piperazine rings is 1. The Kier molecular flexibility index (Phi) is 2.67. The molecule has 0 unspecified atom stereocenters. The van der Waals surface area contributed by atoms with Crippen molar-refractivity contribution >= 4 is 27.7 Å². The summed E-state index contributed by atoms with van der Waals surface area (Å²) in [5.41, 5.74) is 0. The van der Waals surface area contributed by atoms with Crippen molar-refractivity contribution in [2.24, 2.45) is 0 Å². The van der Waals surface area contributed by atoms with Gasteiger partial charge in [-0.15, -0.1) is 0 Å². The second-order valence-electron chi connectivity index (χ2n) is 3.09. The first kappa shape index (κ1) is 9.45. The number of aromatic nitrogens is 1. The number of anilines is 1. The number of rotatable bonds is 1. The molecule has 0 radical (unpaired) electrons. The maximum atomic E-state index is 11.1. The van der Waals surface area contributed by atoms with E-state index < -0.39 is 0 Å². The van der Waals surface area contributed by atoms with E-state index in [0.717, 1.165) is 17.0 Å². The van der Waals surface area contributed by atoms with Crippen molar-refractivity contribution in [3.8, 4) is 0 Å². The highest BCUT2D eigenvalue weighted by Crippen LogP contribution is 2.15. The van der Waals surface area contributed by atoms with Crippen LogP contribution in [0.5, 0.6) is 0 Å². The molecule has 1 fully saturated rings. The lowest BCUT2D eigenvalue weighted by Crippen LogP contribution is -2.48. The van der Waals surface area contributed by atoms with Crippen LogP contribution in [0.1, 0.15) is 0 Å². The molecule has 1 amide bonds. The standard InChI is InChI=1S/C9H10BrN3O/c10-7-2-1-3-8(12-7)13-5-4-11-9(14)6-13/h1-3H,4-6H2,(H,11,14). The highest BCUT2D eigenvalue weighted by atomic mass is 79.9. The highest BCUT2D eigenvalue weighted by Gasteiger charge is 2.16. The van der Waals surface area contributed by atoms with Crippen molar-refractivity contribution in [1.82, 2.24) is 10.3 Å². The van der Waals surface area contributed by atoms with E-state index in [1.165, 1.54) is 0 Å². The minimum atomic E-state index is 0.0537. The van der Waals surface area contributed by atoms with Crippen molar-refractivity contribution in [1.29, 1.82) is 0 Å². The van der Waals surface area contributed by atoms with Crippen molar-refractivity contribution in [2.45, 2.75) is 0 Å². The summed E-state index contributed by atoms with van der Waals surface area (Å²) in [4.78, 5) is 17.4. The van der Waals surface area contributed by atoms with Crippen molar-refractivity contribution in [3.63, 3.8) is 0 Å². The summed E-state index contributed by atoms with van der Waals surface area (Å²) < 4.78 is 0.793. The number of halogens is 1. The fraction of sp³-hybridized carbons (Fsp3) is 0.333. The Hall–Kier alpha value is -1.10. The molecule has 5 heteroatoms. The molecule has 0 aromatic carbocycles. The lowest BCUT2D eigenvalue weighted by molar-refractivity contribution is -0.120. The quantitative estimate of drug-likeness (QED) is 0.755. The van der Waals surface area contributed by atoms with E-state index in [0.29, 0.717) is 13.1 Å². The minimum absolute atomic E-state index is 0.0537. The van der Waals surface area contributed by atoms with Gasteiger partial charge in [0.05, 0.1) is 6.54 Å². The molecular weight excluding hydrogens is 246 g/mol. The number of nitrogens with one attached hydrogen (secondary N) is 1. The van der Waals surface area contributed by atoms with Gasteiger partial charge in [0.1, 0.15) is 10.4 Å². The van der Waals surface area contributed by atoms with Crippen LogP contribution in [0.2, 0.25) is 0 Å². The van der Waals surface area contributed by atoms with Crippen molar-refractivity contribution in [3.05, 3.63) is 22.8 Å². The van der Waals surface area contributed by atoms with Gasteiger partial charge in [0, 0.05) is 13.1 Å². The third-order valence-corrected chi connectivity index (χ3v) is 2.50. The third kappa shape index (κ3) is 2.04. The van der Waals surface area contributed by atoms with E-state index in [2.05, 4.69) is 26.2 Å². The van der Waals surface area contributed by atoms with Crippen LogP contribution in [-0.4, -0.2) is 30.5 Å². The average molecular weight is 256 g/mol. The van der Waals surface area contributed by atoms with E-state index in [4.69, 9.17) is 0 Å². The molecule has 0 atom stereocenters. The van der Waals surface area contributed by atoms with Gasteiger partial charge in [-0.25, -0.2) is 4.98 Å². The van der Waals surface area contributed by atoms with Crippen LogP contribution >= 0.6 is 15.9 Å². The molecule has 1 aliphatic heterocycles.